The highest BCUT2D eigenvalue weighted by Crippen LogP contribution is 2.23. The van der Waals surface area contributed by atoms with Gasteiger partial charge in [-0.25, -0.2) is 0 Å². The molecule has 2 amide bonds. The van der Waals surface area contributed by atoms with E-state index in [9.17, 15) is 9.59 Å². The van der Waals surface area contributed by atoms with E-state index in [0.717, 1.165) is 28.8 Å². The van der Waals surface area contributed by atoms with Crippen molar-refractivity contribution in [2.75, 3.05) is 5.32 Å². The molecule has 4 nitrogen and oxygen atoms in total. The first-order valence-corrected chi connectivity index (χ1v) is 7.88. The molecule has 4 heteroatoms. The van der Waals surface area contributed by atoms with Gasteiger partial charge >= 0.3 is 0 Å². The van der Waals surface area contributed by atoms with Gasteiger partial charge in [0.2, 0.25) is 11.8 Å². The normalized spacial score (nSPS) is 14.6. The van der Waals surface area contributed by atoms with Gasteiger partial charge in [-0.1, -0.05) is 42.5 Å². The second-order valence-corrected chi connectivity index (χ2v) is 5.92. The molecule has 0 fully saturated rings. The number of hydrogen-bond donors (Lipinski definition) is 2. The van der Waals surface area contributed by atoms with Crippen molar-refractivity contribution in [1.82, 2.24) is 5.32 Å². The minimum atomic E-state index is -0.0133. The van der Waals surface area contributed by atoms with E-state index in [0.29, 0.717) is 12.8 Å². The third-order valence-electron chi connectivity index (χ3n) is 4.11. The van der Waals surface area contributed by atoms with Crippen LogP contribution in [0.2, 0.25) is 0 Å². The standard InChI is InChI=1S/C19H20N2O2/c1-13(15-5-3-2-4-6-15)20-19(23)12-14-7-9-17-16(11-14)8-10-18(22)21-17/h2-7,9,11,13H,8,10,12H2,1H3,(H,20,23)(H,21,22). The molecule has 118 valence electrons. The minimum absolute atomic E-state index is 0.00106. The van der Waals surface area contributed by atoms with Gasteiger partial charge in [-0.3, -0.25) is 9.59 Å². The van der Waals surface area contributed by atoms with Crippen molar-refractivity contribution in [3.63, 3.8) is 0 Å². The van der Waals surface area contributed by atoms with Gasteiger partial charge < -0.3 is 10.6 Å². The van der Waals surface area contributed by atoms with Crippen LogP contribution in [0, 0.1) is 0 Å². The fraction of sp³-hybridized carbons (Fsp3) is 0.263. The predicted molar refractivity (Wildman–Crippen MR) is 90.1 cm³/mol. The minimum Gasteiger partial charge on any atom is -0.349 e. The first-order valence-electron chi connectivity index (χ1n) is 7.88. The molecule has 3 rings (SSSR count). The molecular formula is C19H20N2O2. The summed E-state index contributed by atoms with van der Waals surface area (Å²) in [5, 5.41) is 5.88. The zero-order chi connectivity index (χ0) is 16.2. The van der Waals surface area contributed by atoms with Gasteiger partial charge in [0.1, 0.15) is 0 Å². The lowest BCUT2D eigenvalue weighted by molar-refractivity contribution is -0.121. The average molecular weight is 308 g/mol. The molecule has 0 bridgehead atoms. The van der Waals surface area contributed by atoms with E-state index in [4.69, 9.17) is 0 Å². The Morgan fingerprint density at radius 2 is 1.96 bits per heavy atom. The fourth-order valence-corrected chi connectivity index (χ4v) is 2.85. The molecule has 1 heterocycles. The third-order valence-corrected chi connectivity index (χ3v) is 4.11. The summed E-state index contributed by atoms with van der Waals surface area (Å²) in [6.07, 6.45) is 1.59. The third kappa shape index (κ3) is 3.77. The zero-order valence-electron chi connectivity index (χ0n) is 13.1. The van der Waals surface area contributed by atoms with Crippen LogP contribution >= 0.6 is 0 Å². The van der Waals surface area contributed by atoms with Crippen LogP contribution in [0.15, 0.2) is 48.5 Å². The van der Waals surface area contributed by atoms with Crippen molar-refractivity contribution >= 4 is 17.5 Å². The van der Waals surface area contributed by atoms with E-state index in [-0.39, 0.29) is 17.9 Å². The highest BCUT2D eigenvalue weighted by molar-refractivity contribution is 5.94. The summed E-state index contributed by atoms with van der Waals surface area (Å²) >= 11 is 0. The van der Waals surface area contributed by atoms with E-state index in [1.54, 1.807) is 0 Å². The monoisotopic (exact) mass is 308 g/mol. The molecule has 2 aromatic rings. The van der Waals surface area contributed by atoms with Gasteiger partial charge in [-0.15, -0.1) is 0 Å². The smallest absolute Gasteiger partial charge is 0.224 e. The zero-order valence-corrected chi connectivity index (χ0v) is 13.1. The molecular weight excluding hydrogens is 288 g/mol. The van der Waals surface area contributed by atoms with Crippen molar-refractivity contribution < 1.29 is 9.59 Å². The number of nitrogens with one attached hydrogen (secondary N) is 2. The molecule has 0 aromatic heterocycles. The summed E-state index contributed by atoms with van der Waals surface area (Å²) < 4.78 is 0. The maximum Gasteiger partial charge on any atom is 0.224 e. The first-order chi connectivity index (χ1) is 11.1. The molecule has 0 saturated heterocycles. The number of anilines is 1. The number of hydrogen-bond acceptors (Lipinski definition) is 2. The molecule has 1 unspecified atom stereocenters. The summed E-state index contributed by atoms with van der Waals surface area (Å²) in [7, 11) is 0. The quantitative estimate of drug-likeness (QED) is 0.912. The van der Waals surface area contributed by atoms with E-state index >= 15 is 0 Å². The Morgan fingerprint density at radius 3 is 2.74 bits per heavy atom. The van der Waals surface area contributed by atoms with Crippen LogP contribution in [0.1, 0.15) is 36.1 Å². The Hall–Kier alpha value is -2.62. The summed E-state index contributed by atoms with van der Waals surface area (Å²) in [4.78, 5) is 23.6. The van der Waals surface area contributed by atoms with Crippen LogP contribution in [-0.2, 0) is 22.4 Å². The highest BCUT2D eigenvalue weighted by Gasteiger charge is 2.16. The van der Waals surface area contributed by atoms with Crippen LogP contribution in [0.4, 0.5) is 5.69 Å². The summed E-state index contributed by atoms with van der Waals surface area (Å²) in [5.41, 5.74) is 4.03. The SMILES string of the molecule is CC(NC(=O)Cc1ccc2c(c1)CCC(=O)N2)c1ccccc1. The van der Waals surface area contributed by atoms with Crippen molar-refractivity contribution in [1.29, 1.82) is 0 Å². The van der Waals surface area contributed by atoms with Crippen molar-refractivity contribution in [3.05, 3.63) is 65.2 Å². The maximum atomic E-state index is 12.2. The number of carbonyl (C=O) groups excluding carboxylic acids is 2. The molecule has 0 saturated carbocycles. The van der Waals surface area contributed by atoms with Gasteiger partial charge in [-0.05, 0) is 36.1 Å². The molecule has 1 aliphatic rings. The van der Waals surface area contributed by atoms with E-state index in [2.05, 4.69) is 10.6 Å². The van der Waals surface area contributed by atoms with Gasteiger partial charge in [0.15, 0.2) is 0 Å². The molecule has 23 heavy (non-hydrogen) atoms. The molecule has 1 aliphatic heterocycles. The number of amides is 2. The number of rotatable bonds is 4. The van der Waals surface area contributed by atoms with Crippen molar-refractivity contribution in [2.24, 2.45) is 0 Å². The van der Waals surface area contributed by atoms with Crippen molar-refractivity contribution in [3.8, 4) is 0 Å². The predicted octanol–water partition coefficient (Wildman–Crippen LogP) is 2.99. The largest absolute Gasteiger partial charge is 0.349 e. The van der Waals surface area contributed by atoms with Gasteiger partial charge in [0.05, 0.1) is 12.5 Å². The molecule has 0 spiro atoms. The Kier molecular flexibility index (Phi) is 4.42. The number of carbonyl (C=O) groups is 2. The lowest BCUT2D eigenvalue weighted by Crippen LogP contribution is -2.28. The summed E-state index contributed by atoms with van der Waals surface area (Å²) in [6.45, 7) is 1.98. The Labute approximate surface area is 135 Å². The van der Waals surface area contributed by atoms with Crippen LogP contribution in [0.5, 0.6) is 0 Å². The maximum absolute atomic E-state index is 12.2. The van der Waals surface area contributed by atoms with Gasteiger partial charge in [0.25, 0.3) is 0 Å². The second-order valence-electron chi connectivity index (χ2n) is 5.92. The second kappa shape index (κ2) is 6.65. The Morgan fingerprint density at radius 1 is 1.17 bits per heavy atom. The molecule has 0 radical (unpaired) electrons. The highest BCUT2D eigenvalue weighted by atomic mass is 16.2. The van der Waals surface area contributed by atoms with E-state index in [1.807, 2.05) is 55.5 Å². The molecule has 1 atom stereocenters. The number of aryl methyl sites for hydroxylation is 1. The first kappa shape index (κ1) is 15.3. The molecule has 0 aliphatic carbocycles. The van der Waals surface area contributed by atoms with Crippen LogP contribution < -0.4 is 10.6 Å². The fourth-order valence-electron chi connectivity index (χ4n) is 2.85. The van der Waals surface area contributed by atoms with E-state index < -0.39 is 0 Å². The Bertz CT molecular complexity index is 725. The van der Waals surface area contributed by atoms with Crippen molar-refractivity contribution in [2.45, 2.75) is 32.2 Å². The van der Waals surface area contributed by atoms with Gasteiger partial charge in [0, 0.05) is 12.1 Å². The topological polar surface area (TPSA) is 58.2 Å². The van der Waals surface area contributed by atoms with Crippen LogP contribution in [0.3, 0.4) is 0 Å². The lowest BCUT2D eigenvalue weighted by atomic mass is 9.99. The van der Waals surface area contributed by atoms with Gasteiger partial charge in [-0.2, -0.15) is 0 Å². The lowest BCUT2D eigenvalue weighted by Gasteiger charge is -2.18. The number of fused-ring (bicyclic) bond motifs is 1. The van der Waals surface area contributed by atoms with Crippen LogP contribution in [-0.4, -0.2) is 11.8 Å². The van der Waals surface area contributed by atoms with Crippen LogP contribution in [0.25, 0.3) is 0 Å². The molecule has 2 N–H and O–H groups in total. The molecule has 2 aromatic carbocycles. The summed E-state index contributed by atoms with van der Waals surface area (Å²) in [6, 6.07) is 15.7. The summed E-state index contributed by atoms with van der Waals surface area (Å²) in [5.74, 6) is 0.0563. The van der Waals surface area contributed by atoms with E-state index in [1.165, 1.54) is 0 Å². The average Bonchev–Trinajstić information content (AvgIpc) is 2.55. The number of benzene rings is 2. The Balaban J connectivity index is 1.63.